The lowest BCUT2D eigenvalue weighted by Gasteiger charge is -2.21. The number of alkyl halides is 6. The molecule has 8 aromatic carbocycles. The first kappa shape index (κ1) is 42.1. The molecule has 0 unspecified atom stereocenters. The van der Waals surface area contributed by atoms with Gasteiger partial charge in [0.05, 0.1) is 51.1 Å². The van der Waals surface area contributed by atoms with Crippen molar-refractivity contribution in [2.45, 2.75) is 12.4 Å². The van der Waals surface area contributed by atoms with Gasteiger partial charge in [-0.05, 0) is 95.1 Å². The van der Waals surface area contributed by atoms with E-state index in [1.165, 1.54) is 30.3 Å². The highest BCUT2D eigenvalue weighted by Crippen LogP contribution is 2.45. The Balaban J connectivity index is 1.31. The molecule has 0 amide bonds. The second-order valence-corrected chi connectivity index (χ2v) is 15.7. The maximum Gasteiger partial charge on any atom is 0.416 e. The van der Waals surface area contributed by atoms with Crippen LogP contribution in [0.1, 0.15) is 22.3 Å². The van der Waals surface area contributed by atoms with Crippen LogP contribution in [0.3, 0.4) is 0 Å². The Morgan fingerprint density at radius 1 is 0.373 bits per heavy atom. The van der Waals surface area contributed by atoms with Gasteiger partial charge in [0.15, 0.2) is 17.5 Å². The molecule has 10 aromatic rings. The summed E-state index contributed by atoms with van der Waals surface area (Å²) in [5.74, 6) is 0.908. The third kappa shape index (κ3) is 8.02. The van der Waals surface area contributed by atoms with Gasteiger partial charge in [-0.25, -0.2) is 15.0 Å². The average molecular weight is 889 g/mol. The lowest BCUT2D eigenvalue weighted by Crippen LogP contribution is -2.06. The first-order valence-corrected chi connectivity index (χ1v) is 20.8. The minimum Gasteiger partial charge on any atom is -0.308 e. The Bertz CT molecular complexity index is 3440. The molecule has 2 aromatic heterocycles. The van der Waals surface area contributed by atoms with E-state index >= 15 is 0 Å². The van der Waals surface area contributed by atoms with Crippen molar-refractivity contribution in [3.8, 4) is 85.4 Å². The molecule has 2 heterocycles. The van der Waals surface area contributed by atoms with Crippen LogP contribution in [0.15, 0.2) is 182 Å². The lowest BCUT2D eigenvalue weighted by atomic mass is 9.91. The molecule has 10 rings (SSSR count). The smallest absolute Gasteiger partial charge is 0.308 e. The second-order valence-electron chi connectivity index (χ2n) is 15.7. The van der Waals surface area contributed by atoms with E-state index in [0.29, 0.717) is 89.6 Å². The first-order valence-electron chi connectivity index (χ1n) is 20.8. The van der Waals surface area contributed by atoms with E-state index in [0.717, 1.165) is 35.0 Å². The number of halogens is 6. The third-order valence-corrected chi connectivity index (χ3v) is 11.5. The van der Waals surface area contributed by atoms with Crippen molar-refractivity contribution in [3.05, 3.63) is 204 Å². The normalized spacial score (nSPS) is 11.7. The van der Waals surface area contributed by atoms with Gasteiger partial charge in [0.25, 0.3) is 0 Å². The molecule has 0 saturated carbocycles. The fourth-order valence-corrected chi connectivity index (χ4v) is 8.38. The summed E-state index contributed by atoms with van der Waals surface area (Å²) in [6, 6.07) is 53.9. The van der Waals surface area contributed by atoms with Gasteiger partial charge >= 0.3 is 12.4 Å². The molecular weight excluding hydrogens is 859 g/mol. The van der Waals surface area contributed by atoms with Gasteiger partial charge in [0.1, 0.15) is 0 Å². The van der Waals surface area contributed by atoms with Crippen LogP contribution >= 0.6 is 0 Å². The average Bonchev–Trinajstić information content (AvgIpc) is 3.69. The Kier molecular flexibility index (Phi) is 10.4. The van der Waals surface area contributed by atoms with Crippen molar-refractivity contribution >= 4 is 21.8 Å². The Morgan fingerprint density at radius 2 is 0.806 bits per heavy atom. The summed E-state index contributed by atoms with van der Waals surface area (Å²) in [5.41, 5.74) is 5.45. The molecule has 67 heavy (non-hydrogen) atoms. The summed E-state index contributed by atoms with van der Waals surface area (Å²) in [7, 11) is 0. The highest BCUT2D eigenvalue weighted by atomic mass is 19.4. The fourth-order valence-electron chi connectivity index (χ4n) is 8.38. The van der Waals surface area contributed by atoms with Gasteiger partial charge in [-0.3, -0.25) is 0 Å². The molecule has 0 radical (unpaired) electrons. The number of nitrogens with zero attached hydrogens (tertiary/aromatic N) is 6. The van der Waals surface area contributed by atoms with E-state index in [4.69, 9.17) is 15.0 Å². The minimum atomic E-state index is -4.63. The predicted octanol–water partition coefficient (Wildman–Crippen LogP) is 14.8. The number of hydrogen-bond acceptors (Lipinski definition) is 5. The summed E-state index contributed by atoms with van der Waals surface area (Å²) < 4.78 is 86.7. The third-order valence-electron chi connectivity index (χ3n) is 11.5. The van der Waals surface area contributed by atoms with Crippen LogP contribution in [0, 0.1) is 22.7 Å². The van der Waals surface area contributed by atoms with Crippen LogP contribution in [0.25, 0.3) is 95.0 Å². The zero-order chi connectivity index (χ0) is 46.5. The molecule has 0 fully saturated rings. The Labute approximate surface area is 379 Å². The summed E-state index contributed by atoms with van der Waals surface area (Å²) in [6.45, 7) is 0. The molecular formula is C55H30F6N6. The van der Waals surface area contributed by atoms with Crippen LogP contribution in [0.5, 0.6) is 0 Å². The maximum absolute atomic E-state index is 14.1. The molecule has 0 bridgehead atoms. The van der Waals surface area contributed by atoms with Gasteiger partial charge < -0.3 is 4.57 Å². The van der Waals surface area contributed by atoms with E-state index in [1.807, 2.05) is 108 Å². The number of fused-ring (bicyclic) bond motifs is 3. The van der Waals surface area contributed by atoms with Crippen molar-refractivity contribution in [1.82, 2.24) is 19.5 Å². The monoisotopic (exact) mass is 888 g/mol. The zero-order valence-corrected chi connectivity index (χ0v) is 34.8. The van der Waals surface area contributed by atoms with E-state index < -0.39 is 23.5 Å². The number of aromatic nitrogens is 4. The Morgan fingerprint density at radius 3 is 1.28 bits per heavy atom. The van der Waals surface area contributed by atoms with Crippen molar-refractivity contribution in [3.63, 3.8) is 0 Å². The molecule has 322 valence electrons. The highest BCUT2D eigenvalue weighted by molar-refractivity contribution is 6.12. The van der Waals surface area contributed by atoms with Gasteiger partial charge in [-0.15, -0.1) is 0 Å². The Hall–Kier alpha value is -8.87. The number of rotatable bonds is 7. The zero-order valence-electron chi connectivity index (χ0n) is 34.8. The number of nitriles is 2. The maximum atomic E-state index is 14.1. The van der Waals surface area contributed by atoms with Crippen molar-refractivity contribution in [1.29, 1.82) is 10.5 Å². The van der Waals surface area contributed by atoms with Gasteiger partial charge in [0, 0.05) is 38.6 Å². The molecule has 0 spiro atoms. The quantitative estimate of drug-likeness (QED) is 0.149. The van der Waals surface area contributed by atoms with Crippen LogP contribution in [0.4, 0.5) is 26.3 Å². The minimum absolute atomic E-state index is 0.212. The van der Waals surface area contributed by atoms with Crippen molar-refractivity contribution in [2.75, 3.05) is 0 Å². The lowest BCUT2D eigenvalue weighted by molar-refractivity contribution is -0.138. The predicted molar refractivity (Wildman–Crippen MR) is 246 cm³/mol. The SMILES string of the molecule is N#Cc1cc(C#N)cc(-c2ccc3c(c2)c2ccccc2n3-c2c(-c3ccc(C(F)(F)F)cc3)cc(-c3nc(-c4ccccc4)nc(-c4ccccc4)n3)cc2-c2ccc(C(F)(F)F)cc2)c1. The summed E-state index contributed by atoms with van der Waals surface area (Å²) in [5, 5.41) is 21.1. The topological polar surface area (TPSA) is 91.2 Å². The highest BCUT2D eigenvalue weighted by Gasteiger charge is 2.32. The second kappa shape index (κ2) is 16.6. The standard InChI is InChI=1S/C55H30F6N6/c56-54(57,58)42-20-15-35(16-21-42)45-29-41(53-65-51(37-9-3-1-4-10-37)64-52(66-53)38-11-5-2-6-12-38)30-46(36-17-22-43(23-18-36)55(59,60)61)50(45)67-48-14-8-7-13-44(48)47-28-39(19-24-49(47)67)40-26-33(31-62)25-34(27-40)32-63/h1-30H. The van der Waals surface area contributed by atoms with Crippen LogP contribution in [0.2, 0.25) is 0 Å². The van der Waals surface area contributed by atoms with Crippen LogP contribution in [-0.4, -0.2) is 19.5 Å². The van der Waals surface area contributed by atoms with E-state index in [1.54, 1.807) is 24.3 Å². The molecule has 0 atom stereocenters. The van der Waals surface area contributed by atoms with Gasteiger partial charge in [-0.1, -0.05) is 109 Å². The van der Waals surface area contributed by atoms with Gasteiger partial charge in [-0.2, -0.15) is 36.9 Å². The molecule has 0 aliphatic carbocycles. The number of para-hydroxylation sites is 1. The van der Waals surface area contributed by atoms with Crippen molar-refractivity contribution < 1.29 is 26.3 Å². The molecule has 0 aliphatic heterocycles. The summed E-state index contributed by atoms with van der Waals surface area (Å²) in [4.78, 5) is 14.7. The summed E-state index contributed by atoms with van der Waals surface area (Å²) >= 11 is 0. The molecule has 0 aliphatic rings. The van der Waals surface area contributed by atoms with Gasteiger partial charge in [0.2, 0.25) is 0 Å². The van der Waals surface area contributed by atoms with Crippen LogP contribution < -0.4 is 0 Å². The number of hydrogen-bond donors (Lipinski definition) is 0. The molecule has 0 N–H and O–H groups in total. The fraction of sp³-hybridized carbons (Fsp3) is 0.0364. The van der Waals surface area contributed by atoms with Crippen LogP contribution in [-0.2, 0) is 12.4 Å². The number of benzene rings is 8. The van der Waals surface area contributed by atoms with E-state index in [9.17, 15) is 36.9 Å². The first-order chi connectivity index (χ1) is 32.4. The van der Waals surface area contributed by atoms with E-state index in [2.05, 4.69) is 12.1 Å². The molecule has 12 heteroatoms. The van der Waals surface area contributed by atoms with Crippen molar-refractivity contribution in [2.24, 2.45) is 0 Å². The summed E-state index contributed by atoms with van der Waals surface area (Å²) in [6.07, 6.45) is -9.26. The largest absolute Gasteiger partial charge is 0.416 e. The van der Waals surface area contributed by atoms with E-state index in [-0.39, 0.29) is 5.82 Å². The molecule has 0 saturated heterocycles. The molecule has 6 nitrogen and oxygen atoms in total.